The zero-order chi connectivity index (χ0) is 11.5. The number of carbonyl (C=O) groups excluding carboxylic acids is 2. The number of anilines is 1. The third kappa shape index (κ3) is 2.21. The molecule has 0 radical (unpaired) electrons. The van der Waals surface area contributed by atoms with Crippen molar-refractivity contribution in [2.24, 2.45) is 11.8 Å². The maximum atomic E-state index is 11.7. The predicted molar refractivity (Wildman–Crippen MR) is 58.7 cm³/mol. The molecule has 0 aromatic heterocycles. The standard InChI is InChI=1S/C12H13NO3/c1-16-12(15)10-7-9(10)11(14)13-8-5-3-2-4-6-8/h2-6,9-10H,7H2,1H3,(H,13,14). The number of hydrogen-bond acceptors (Lipinski definition) is 3. The number of benzene rings is 1. The van der Waals surface area contributed by atoms with Crippen molar-refractivity contribution < 1.29 is 14.3 Å². The fourth-order valence-electron chi connectivity index (χ4n) is 1.65. The Labute approximate surface area is 93.6 Å². The van der Waals surface area contributed by atoms with E-state index in [4.69, 9.17) is 0 Å². The van der Waals surface area contributed by atoms with E-state index in [0.29, 0.717) is 6.42 Å². The fourth-order valence-corrected chi connectivity index (χ4v) is 1.65. The van der Waals surface area contributed by atoms with Crippen molar-refractivity contribution in [1.82, 2.24) is 0 Å². The average molecular weight is 219 g/mol. The smallest absolute Gasteiger partial charge is 0.309 e. The van der Waals surface area contributed by atoms with Crippen molar-refractivity contribution in [3.63, 3.8) is 0 Å². The third-order valence-corrected chi connectivity index (χ3v) is 2.67. The minimum Gasteiger partial charge on any atom is -0.469 e. The molecule has 0 aliphatic heterocycles. The van der Waals surface area contributed by atoms with Crippen LogP contribution in [0.15, 0.2) is 30.3 Å². The number of carbonyl (C=O) groups is 2. The first-order valence-corrected chi connectivity index (χ1v) is 5.16. The van der Waals surface area contributed by atoms with Gasteiger partial charge in [0.2, 0.25) is 5.91 Å². The molecule has 4 nitrogen and oxygen atoms in total. The number of esters is 1. The molecule has 0 bridgehead atoms. The number of ether oxygens (including phenoxy) is 1. The molecule has 16 heavy (non-hydrogen) atoms. The lowest BCUT2D eigenvalue weighted by Crippen LogP contribution is -2.17. The summed E-state index contributed by atoms with van der Waals surface area (Å²) in [5, 5.41) is 2.77. The van der Waals surface area contributed by atoms with Gasteiger partial charge in [-0.3, -0.25) is 9.59 Å². The van der Waals surface area contributed by atoms with Gasteiger partial charge in [-0.05, 0) is 18.6 Å². The summed E-state index contributed by atoms with van der Waals surface area (Å²) < 4.78 is 4.59. The first-order chi connectivity index (χ1) is 7.72. The summed E-state index contributed by atoms with van der Waals surface area (Å²) in [5.41, 5.74) is 0.753. The van der Waals surface area contributed by atoms with Crippen LogP contribution in [-0.2, 0) is 14.3 Å². The Morgan fingerprint density at radius 1 is 1.25 bits per heavy atom. The van der Waals surface area contributed by atoms with Gasteiger partial charge in [-0.2, -0.15) is 0 Å². The molecule has 2 atom stereocenters. The Balaban J connectivity index is 1.89. The first kappa shape index (κ1) is 10.7. The average Bonchev–Trinajstić information content (AvgIpc) is 3.09. The van der Waals surface area contributed by atoms with Gasteiger partial charge in [0.05, 0.1) is 18.9 Å². The van der Waals surface area contributed by atoms with Crippen LogP contribution >= 0.6 is 0 Å². The van der Waals surface area contributed by atoms with Crippen LogP contribution in [0.1, 0.15) is 6.42 Å². The summed E-state index contributed by atoms with van der Waals surface area (Å²) in [6.07, 6.45) is 0.589. The minimum atomic E-state index is -0.298. The molecule has 84 valence electrons. The van der Waals surface area contributed by atoms with E-state index in [0.717, 1.165) is 5.69 Å². The quantitative estimate of drug-likeness (QED) is 0.782. The van der Waals surface area contributed by atoms with Gasteiger partial charge in [-0.1, -0.05) is 18.2 Å². The van der Waals surface area contributed by atoms with E-state index in [1.165, 1.54) is 7.11 Å². The van der Waals surface area contributed by atoms with Gasteiger partial charge in [0.1, 0.15) is 0 Å². The van der Waals surface area contributed by atoms with E-state index in [9.17, 15) is 9.59 Å². The second-order valence-corrected chi connectivity index (χ2v) is 3.83. The molecular weight excluding hydrogens is 206 g/mol. The van der Waals surface area contributed by atoms with Gasteiger partial charge >= 0.3 is 5.97 Å². The second kappa shape index (κ2) is 4.35. The van der Waals surface area contributed by atoms with E-state index in [-0.39, 0.29) is 23.7 Å². The van der Waals surface area contributed by atoms with Crippen molar-refractivity contribution in [3.8, 4) is 0 Å². The van der Waals surface area contributed by atoms with Crippen molar-refractivity contribution in [2.75, 3.05) is 12.4 Å². The molecule has 0 heterocycles. The van der Waals surface area contributed by atoms with Crippen LogP contribution in [-0.4, -0.2) is 19.0 Å². The highest BCUT2D eigenvalue weighted by Gasteiger charge is 2.48. The highest BCUT2D eigenvalue weighted by molar-refractivity contribution is 5.98. The largest absolute Gasteiger partial charge is 0.469 e. The summed E-state index contributed by atoms with van der Waals surface area (Å²) in [6, 6.07) is 9.20. The molecule has 1 aromatic rings. The molecule has 2 rings (SSSR count). The van der Waals surface area contributed by atoms with Gasteiger partial charge < -0.3 is 10.1 Å². The van der Waals surface area contributed by atoms with Gasteiger partial charge in [-0.15, -0.1) is 0 Å². The number of hydrogen-bond donors (Lipinski definition) is 1. The molecule has 1 N–H and O–H groups in total. The zero-order valence-corrected chi connectivity index (χ0v) is 8.97. The summed E-state index contributed by atoms with van der Waals surface area (Å²) in [6.45, 7) is 0. The third-order valence-electron chi connectivity index (χ3n) is 2.67. The van der Waals surface area contributed by atoms with Crippen LogP contribution in [0.3, 0.4) is 0 Å². The molecule has 1 fully saturated rings. The van der Waals surface area contributed by atoms with Crippen LogP contribution < -0.4 is 5.32 Å². The lowest BCUT2D eigenvalue weighted by atomic mass is 10.2. The van der Waals surface area contributed by atoms with Gasteiger partial charge in [-0.25, -0.2) is 0 Å². The number of amides is 1. The maximum absolute atomic E-state index is 11.7. The topological polar surface area (TPSA) is 55.4 Å². The zero-order valence-electron chi connectivity index (χ0n) is 8.97. The molecule has 4 heteroatoms. The van der Waals surface area contributed by atoms with Crippen molar-refractivity contribution in [2.45, 2.75) is 6.42 Å². The summed E-state index contributed by atoms with van der Waals surface area (Å²) in [5.74, 6) is -0.892. The van der Waals surface area contributed by atoms with E-state index in [1.54, 1.807) is 0 Å². The van der Waals surface area contributed by atoms with E-state index < -0.39 is 0 Å². The lowest BCUT2D eigenvalue weighted by molar-refractivity contribution is -0.143. The van der Waals surface area contributed by atoms with Gasteiger partial charge in [0.25, 0.3) is 0 Å². The molecule has 2 unspecified atom stereocenters. The normalized spacial score (nSPS) is 22.3. The fraction of sp³-hybridized carbons (Fsp3) is 0.333. The second-order valence-electron chi connectivity index (χ2n) is 3.83. The summed E-state index contributed by atoms with van der Waals surface area (Å²) in [4.78, 5) is 22.8. The Bertz CT molecular complexity index is 402. The molecule has 1 aliphatic carbocycles. The molecule has 1 amide bonds. The number of para-hydroxylation sites is 1. The van der Waals surface area contributed by atoms with Crippen molar-refractivity contribution in [1.29, 1.82) is 0 Å². The molecule has 1 saturated carbocycles. The molecule has 0 spiro atoms. The van der Waals surface area contributed by atoms with Gasteiger partial charge in [0.15, 0.2) is 0 Å². The number of rotatable bonds is 3. The summed E-state index contributed by atoms with van der Waals surface area (Å²) in [7, 11) is 1.34. The first-order valence-electron chi connectivity index (χ1n) is 5.16. The van der Waals surface area contributed by atoms with Crippen LogP contribution in [0.2, 0.25) is 0 Å². The SMILES string of the molecule is COC(=O)C1CC1C(=O)Nc1ccccc1. The monoisotopic (exact) mass is 219 g/mol. The van der Waals surface area contributed by atoms with E-state index in [2.05, 4.69) is 10.1 Å². The predicted octanol–water partition coefficient (Wildman–Crippen LogP) is 1.43. The highest BCUT2D eigenvalue weighted by atomic mass is 16.5. The number of methoxy groups -OCH3 is 1. The molecule has 0 saturated heterocycles. The Kier molecular flexibility index (Phi) is 2.90. The lowest BCUT2D eigenvalue weighted by Gasteiger charge is -2.03. The minimum absolute atomic E-state index is 0.110. The van der Waals surface area contributed by atoms with Crippen LogP contribution in [0.4, 0.5) is 5.69 Å². The Hall–Kier alpha value is -1.84. The highest BCUT2D eigenvalue weighted by Crippen LogP contribution is 2.40. The van der Waals surface area contributed by atoms with Crippen LogP contribution in [0.5, 0.6) is 0 Å². The maximum Gasteiger partial charge on any atom is 0.309 e. The number of nitrogens with one attached hydrogen (secondary N) is 1. The molecule has 1 aliphatic rings. The molecular formula is C12H13NO3. The van der Waals surface area contributed by atoms with Crippen LogP contribution in [0.25, 0.3) is 0 Å². The summed E-state index contributed by atoms with van der Waals surface area (Å²) >= 11 is 0. The van der Waals surface area contributed by atoms with Crippen LogP contribution in [0, 0.1) is 11.8 Å². The van der Waals surface area contributed by atoms with Crippen molar-refractivity contribution >= 4 is 17.6 Å². The Morgan fingerprint density at radius 2 is 1.94 bits per heavy atom. The van der Waals surface area contributed by atoms with Crippen molar-refractivity contribution in [3.05, 3.63) is 30.3 Å². The van der Waals surface area contributed by atoms with Gasteiger partial charge in [0, 0.05) is 5.69 Å². The van der Waals surface area contributed by atoms with E-state index in [1.807, 2.05) is 30.3 Å². The molecule has 1 aromatic carbocycles. The van der Waals surface area contributed by atoms with E-state index >= 15 is 0 Å². The Morgan fingerprint density at radius 3 is 2.56 bits per heavy atom.